The van der Waals surface area contributed by atoms with Crippen LogP contribution >= 0.6 is 0 Å². The van der Waals surface area contributed by atoms with E-state index >= 15 is 0 Å². The van der Waals surface area contributed by atoms with Gasteiger partial charge in [-0.25, -0.2) is 4.39 Å². The van der Waals surface area contributed by atoms with Crippen LogP contribution in [0.1, 0.15) is 50.3 Å². The summed E-state index contributed by atoms with van der Waals surface area (Å²) in [7, 11) is 0. The highest BCUT2D eigenvalue weighted by molar-refractivity contribution is 5.85. The van der Waals surface area contributed by atoms with Gasteiger partial charge in [-0.1, -0.05) is 44.2 Å². The number of carboxylic acids is 1. The van der Waals surface area contributed by atoms with E-state index in [1.54, 1.807) is 12.1 Å². The van der Waals surface area contributed by atoms with Gasteiger partial charge < -0.3 is 19.9 Å². The molecule has 1 heterocycles. The molecule has 0 aliphatic heterocycles. The van der Waals surface area contributed by atoms with E-state index in [0.29, 0.717) is 13.0 Å². The molecular weight excluding hydrogens is 421 g/mol. The summed E-state index contributed by atoms with van der Waals surface area (Å²) in [6.07, 6.45) is -1.97. The lowest BCUT2D eigenvalue weighted by atomic mass is 9.96. The van der Waals surface area contributed by atoms with E-state index in [1.807, 2.05) is 18.2 Å². The predicted octanol–water partition coefficient (Wildman–Crippen LogP) is 5.37. The van der Waals surface area contributed by atoms with E-state index in [0.717, 1.165) is 33.6 Å². The normalized spacial score (nSPS) is 13.3. The van der Waals surface area contributed by atoms with Gasteiger partial charge in [0, 0.05) is 17.8 Å². The molecule has 0 aliphatic carbocycles. The van der Waals surface area contributed by atoms with Gasteiger partial charge in [-0.2, -0.15) is 0 Å². The minimum Gasteiger partial charge on any atom is -0.481 e. The van der Waals surface area contributed by atoms with Crippen LogP contribution in [-0.4, -0.2) is 38.1 Å². The van der Waals surface area contributed by atoms with Crippen LogP contribution in [0, 0.1) is 12.7 Å². The lowest BCUT2D eigenvalue weighted by Crippen LogP contribution is -2.22. The van der Waals surface area contributed by atoms with E-state index in [4.69, 9.17) is 5.11 Å². The molecule has 0 aliphatic rings. The Bertz CT molecular complexity index is 1070. The van der Waals surface area contributed by atoms with Gasteiger partial charge in [0.15, 0.2) is 0 Å². The van der Waals surface area contributed by atoms with Crippen LogP contribution in [0.5, 0.6) is 0 Å². The Hall–Kier alpha value is -2.96. The van der Waals surface area contributed by atoms with E-state index in [9.17, 15) is 19.4 Å². The zero-order chi connectivity index (χ0) is 24.1. The Kier molecular flexibility index (Phi) is 8.06. The molecule has 0 fully saturated rings. The van der Waals surface area contributed by atoms with Gasteiger partial charge >= 0.3 is 5.97 Å². The number of nitrogens with zero attached hydrogens (tertiary/aromatic N) is 1. The molecule has 0 bridgehead atoms. The summed E-state index contributed by atoms with van der Waals surface area (Å²) in [5.41, 5.74) is 6.24. The van der Waals surface area contributed by atoms with Crippen molar-refractivity contribution < 1.29 is 24.5 Å². The molecule has 1 aromatic heterocycles. The fraction of sp³-hybridized carbons (Fsp3) is 0.370. The average molecular weight is 454 g/mol. The lowest BCUT2D eigenvalue weighted by molar-refractivity contribution is -0.139. The van der Waals surface area contributed by atoms with Crippen LogP contribution < -0.4 is 0 Å². The van der Waals surface area contributed by atoms with Crippen molar-refractivity contribution >= 4 is 5.97 Å². The quantitative estimate of drug-likeness (QED) is 0.385. The molecule has 3 rings (SSSR count). The second-order valence-corrected chi connectivity index (χ2v) is 8.84. The highest BCUT2D eigenvalue weighted by Gasteiger charge is 2.25. The number of carbonyl (C=O) groups is 1. The van der Waals surface area contributed by atoms with E-state index in [1.165, 1.54) is 12.1 Å². The molecule has 0 amide bonds. The van der Waals surface area contributed by atoms with Crippen LogP contribution in [0.3, 0.4) is 0 Å². The number of benzene rings is 2. The molecule has 33 heavy (non-hydrogen) atoms. The van der Waals surface area contributed by atoms with Crippen molar-refractivity contribution in [1.29, 1.82) is 0 Å². The number of hydrogen-bond donors (Lipinski definition) is 3. The third kappa shape index (κ3) is 5.89. The number of aliphatic carboxylic acids is 1. The zero-order valence-electron chi connectivity index (χ0n) is 19.3. The van der Waals surface area contributed by atoms with E-state index in [2.05, 4.69) is 37.5 Å². The number of carboxylic acid groups (broad SMARTS) is 1. The maximum Gasteiger partial charge on any atom is 0.305 e. The fourth-order valence-corrected chi connectivity index (χ4v) is 4.60. The standard InChI is InChI=1S/C27H32FNO4/c1-17(2)26-18(3)25(19-7-5-4-6-8-19)27(20-9-11-21(28)12-10-20)29(26)14-13-22(30)15-23(31)16-24(32)33/h4-12,17,22-23,30-31H,13-16H2,1-3H3,(H,32,33). The Labute approximate surface area is 194 Å². The number of aliphatic hydroxyl groups is 2. The molecule has 0 saturated heterocycles. The Morgan fingerprint density at radius 2 is 1.61 bits per heavy atom. The first-order valence-electron chi connectivity index (χ1n) is 11.3. The van der Waals surface area contributed by atoms with Crippen molar-refractivity contribution in [1.82, 2.24) is 4.57 Å². The highest BCUT2D eigenvalue weighted by Crippen LogP contribution is 2.41. The molecule has 0 spiro atoms. The predicted molar refractivity (Wildman–Crippen MR) is 128 cm³/mol. The molecule has 0 radical (unpaired) electrons. The molecule has 3 aromatic rings. The second-order valence-electron chi connectivity index (χ2n) is 8.84. The smallest absolute Gasteiger partial charge is 0.305 e. The van der Waals surface area contributed by atoms with E-state index in [-0.39, 0.29) is 18.2 Å². The van der Waals surface area contributed by atoms with Crippen LogP contribution in [0.2, 0.25) is 0 Å². The van der Waals surface area contributed by atoms with Crippen molar-refractivity contribution in [2.45, 2.75) is 64.7 Å². The lowest BCUT2D eigenvalue weighted by Gasteiger charge is -2.20. The summed E-state index contributed by atoms with van der Waals surface area (Å²) in [6.45, 7) is 6.81. The highest BCUT2D eigenvalue weighted by atomic mass is 19.1. The SMILES string of the molecule is Cc1c(-c2ccccc2)c(-c2ccc(F)cc2)n(CCC(O)CC(O)CC(=O)O)c1C(C)C. The summed E-state index contributed by atoms with van der Waals surface area (Å²) in [4.78, 5) is 10.8. The van der Waals surface area contributed by atoms with Gasteiger partial charge in [-0.15, -0.1) is 0 Å². The molecule has 3 N–H and O–H groups in total. The van der Waals surface area contributed by atoms with E-state index < -0.39 is 24.6 Å². The number of aliphatic hydroxyl groups excluding tert-OH is 2. The first-order chi connectivity index (χ1) is 15.7. The molecule has 5 nitrogen and oxygen atoms in total. The fourth-order valence-electron chi connectivity index (χ4n) is 4.60. The van der Waals surface area contributed by atoms with Crippen molar-refractivity contribution in [2.24, 2.45) is 0 Å². The molecule has 2 unspecified atom stereocenters. The first kappa shape index (κ1) is 24.7. The van der Waals surface area contributed by atoms with Crippen molar-refractivity contribution in [3.63, 3.8) is 0 Å². The maximum atomic E-state index is 13.7. The summed E-state index contributed by atoms with van der Waals surface area (Å²) in [5, 5.41) is 29.3. The molecule has 176 valence electrons. The van der Waals surface area contributed by atoms with Crippen molar-refractivity contribution in [3.8, 4) is 22.4 Å². The molecule has 2 aromatic carbocycles. The van der Waals surface area contributed by atoms with Crippen LogP contribution in [-0.2, 0) is 11.3 Å². The molecule has 6 heteroatoms. The Morgan fingerprint density at radius 3 is 2.18 bits per heavy atom. The summed E-state index contributed by atoms with van der Waals surface area (Å²) >= 11 is 0. The summed E-state index contributed by atoms with van der Waals surface area (Å²) in [5.74, 6) is -1.19. The minimum absolute atomic E-state index is 0.000979. The van der Waals surface area contributed by atoms with Crippen LogP contribution in [0.25, 0.3) is 22.4 Å². The topological polar surface area (TPSA) is 82.7 Å². The monoisotopic (exact) mass is 453 g/mol. The molecular formula is C27H32FNO4. The van der Waals surface area contributed by atoms with Crippen LogP contribution in [0.15, 0.2) is 54.6 Å². The average Bonchev–Trinajstić information content (AvgIpc) is 3.05. The number of hydrogen-bond acceptors (Lipinski definition) is 3. The number of rotatable bonds is 10. The Morgan fingerprint density at radius 1 is 0.970 bits per heavy atom. The third-order valence-electron chi connectivity index (χ3n) is 5.92. The second kappa shape index (κ2) is 10.8. The van der Waals surface area contributed by atoms with Gasteiger partial charge in [0.25, 0.3) is 0 Å². The largest absolute Gasteiger partial charge is 0.481 e. The van der Waals surface area contributed by atoms with Gasteiger partial charge in [-0.05, 0) is 66.6 Å². The summed E-state index contributed by atoms with van der Waals surface area (Å²) < 4.78 is 15.9. The minimum atomic E-state index is -1.09. The zero-order valence-corrected chi connectivity index (χ0v) is 19.3. The van der Waals surface area contributed by atoms with Gasteiger partial charge in [-0.3, -0.25) is 4.79 Å². The number of aromatic nitrogens is 1. The first-order valence-corrected chi connectivity index (χ1v) is 11.3. The van der Waals surface area contributed by atoms with Crippen molar-refractivity contribution in [2.75, 3.05) is 0 Å². The molecule has 0 saturated carbocycles. The molecule has 2 atom stereocenters. The van der Waals surface area contributed by atoms with Crippen molar-refractivity contribution in [3.05, 3.63) is 71.7 Å². The van der Waals surface area contributed by atoms with Gasteiger partial charge in [0.2, 0.25) is 0 Å². The maximum absolute atomic E-state index is 13.7. The third-order valence-corrected chi connectivity index (χ3v) is 5.92. The Balaban J connectivity index is 2.06. The van der Waals surface area contributed by atoms with Gasteiger partial charge in [0.1, 0.15) is 5.82 Å². The van der Waals surface area contributed by atoms with Gasteiger partial charge in [0.05, 0.1) is 24.3 Å². The summed E-state index contributed by atoms with van der Waals surface area (Å²) in [6, 6.07) is 16.5. The van der Waals surface area contributed by atoms with Crippen LogP contribution in [0.4, 0.5) is 4.39 Å². The number of halogens is 1.